The van der Waals surface area contributed by atoms with Gasteiger partial charge in [-0.3, -0.25) is 9.59 Å². The number of aliphatic hydroxyl groups excluding tert-OH is 1. The fourth-order valence-corrected chi connectivity index (χ4v) is 2.91. The first-order chi connectivity index (χ1) is 11.6. The van der Waals surface area contributed by atoms with E-state index in [1.807, 2.05) is 16.8 Å². The number of nitrogens with zero attached hydrogens (tertiary/aromatic N) is 1. The van der Waals surface area contributed by atoms with Gasteiger partial charge in [0.05, 0.1) is 12.6 Å². The molecule has 24 heavy (non-hydrogen) atoms. The van der Waals surface area contributed by atoms with Crippen LogP contribution in [0.1, 0.15) is 28.0 Å². The molecule has 0 aliphatic heterocycles. The maximum atomic E-state index is 12.1. The van der Waals surface area contributed by atoms with Crippen LogP contribution in [-0.2, 0) is 6.54 Å². The third-order valence-electron chi connectivity index (χ3n) is 3.49. The number of nitrogens with one attached hydrogen (secondary N) is 1. The number of aliphatic hydroxyl groups is 1. The normalized spacial score (nSPS) is 12.0. The summed E-state index contributed by atoms with van der Waals surface area (Å²) in [6.45, 7) is 0.355. The molecule has 3 aromatic rings. The average molecular weight is 344 g/mol. The van der Waals surface area contributed by atoms with Crippen LogP contribution in [0.2, 0.25) is 0 Å². The first-order valence-electron chi connectivity index (χ1n) is 7.36. The Hall–Kier alpha value is -2.64. The van der Waals surface area contributed by atoms with Crippen molar-refractivity contribution in [1.29, 1.82) is 0 Å². The Morgan fingerprint density at radius 3 is 2.92 bits per heavy atom. The van der Waals surface area contributed by atoms with Crippen molar-refractivity contribution in [3.05, 3.63) is 80.8 Å². The molecule has 0 radical (unpaired) electrons. The molecule has 3 aromatic heterocycles. The number of furan rings is 1. The van der Waals surface area contributed by atoms with Crippen molar-refractivity contribution in [2.24, 2.45) is 0 Å². The lowest BCUT2D eigenvalue weighted by Gasteiger charge is -2.09. The van der Waals surface area contributed by atoms with Gasteiger partial charge < -0.3 is 19.4 Å². The highest BCUT2D eigenvalue weighted by molar-refractivity contribution is 7.07. The van der Waals surface area contributed by atoms with Crippen molar-refractivity contribution < 1.29 is 14.3 Å². The first-order valence-corrected chi connectivity index (χ1v) is 8.30. The number of pyridine rings is 1. The van der Waals surface area contributed by atoms with E-state index in [2.05, 4.69) is 5.32 Å². The molecule has 0 saturated heterocycles. The number of hydrogen-bond acceptors (Lipinski definition) is 5. The number of amides is 1. The van der Waals surface area contributed by atoms with Crippen molar-refractivity contribution >= 4 is 17.2 Å². The Labute approximate surface area is 142 Å². The van der Waals surface area contributed by atoms with E-state index in [9.17, 15) is 14.7 Å². The zero-order valence-electron chi connectivity index (χ0n) is 12.7. The first kappa shape index (κ1) is 16.2. The van der Waals surface area contributed by atoms with Gasteiger partial charge in [0.1, 0.15) is 5.76 Å². The second kappa shape index (κ2) is 7.29. The van der Waals surface area contributed by atoms with E-state index in [-0.39, 0.29) is 24.4 Å². The fraction of sp³-hybridized carbons (Fsp3) is 0.176. The Balaban J connectivity index is 1.59. The van der Waals surface area contributed by atoms with Gasteiger partial charge in [0.15, 0.2) is 5.76 Å². The summed E-state index contributed by atoms with van der Waals surface area (Å²) in [5.74, 6) is 0.245. The van der Waals surface area contributed by atoms with Gasteiger partial charge in [-0.1, -0.05) is 6.07 Å². The molecule has 0 aromatic carbocycles. The van der Waals surface area contributed by atoms with Crippen LogP contribution >= 0.6 is 11.3 Å². The lowest BCUT2D eigenvalue weighted by molar-refractivity contribution is 0.0887. The molecule has 6 nitrogen and oxygen atoms in total. The SMILES string of the molecule is O=C(NCC(O)c1ccsc1)c1ccc(Cn2ccccc2=O)o1. The molecule has 1 unspecified atom stereocenters. The molecule has 0 aliphatic carbocycles. The molecular weight excluding hydrogens is 328 g/mol. The Bertz CT molecular complexity index is 867. The smallest absolute Gasteiger partial charge is 0.287 e. The minimum atomic E-state index is -0.752. The number of aromatic nitrogens is 1. The van der Waals surface area contributed by atoms with E-state index < -0.39 is 12.0 Å². The molecule has 1 atom stereocenters. The molecule has 3 heterocycles. The van der Waals surface area contributed by atoms with E-state index in [0.717, 1.165) is 5.56 Å². The lowest BCUT2D eigenvalue weighted by Crippen LogP contribution is -2.27. The Morgan fingerprint density at radius 2 is 2.17 bits per heavy atom. The van der Waals surface area contributed by atoms with Crippen LogP contribution in [0.5, 0.6) is 0 Å². The standard InChI is InChI=1S/C17H16N2O4S/c20-14(12-6-8-24-11-12)9-18-17(22)15-5-4-13(23-15)10-19-7-2-1-3-16(19)21/h1-8,11,14,20H,9-10H2,(H,18,22). The molecular formula is C17H16N2O4S. The van der Waals surface area contributed by atoms with Crippen molar-refractivity contribution in [1.82, 2.24) is 9.88 Å². The molecule has 0 bridgehead atoms. The monoisotopic (exact) mass is 344 g/mol. The third kappa shape index (κ3) is 3.81. The highest BCUT2D eigenvalue weighted by Crippen LogP contribution is 2.15. The summed E-state index contributed by atoms with van der Waals surface area (Å²) < 4.78 is 6.96. The highest BCUT2D eigenvalue weighted by Gasteiger charge is 2.14. The largest absolute Gasteiger partial charge is 0.454 e. The van der Waals surface area contributed by atoms with Gasteiger partial charge in [0.25, 0.3) is 11.5 Å². The van der Waals surface area contributed by atoms with E-state index in [1.165, 1.54) is 22.0 Å². The zero-order chi connectivity index (χ0) is 16.9. The quantitative estimate of drug-likeness (QED) is 0.716. The molecule has 124 valence electrons. The molecule has 0 saturated carbocycles. The summed E-state index contributed by atoms with van der Waals surface area (Å²) in [7, 11) is 0. The molecule has 2 N–H and O–H groups in total. The molecule has 0 aliphatic rings. The van der Waals surface area contributed by atoms with Crippen LogP contribution < -0.4 is 10.9 Å². The lowest BCUT2D eigenvalue weighted by atomic mass is 10.2. The summed E-state index contributed by atoms with van der Waals surface area (Å²) >= 11 is 1.48. The molecule has 0 fully saturated rings. The summed E-state index contributed by atoms with van der Waals surface area (Å²) in [5.41, 5.74) is 0.627. The third-order valence-corrected chi connectivity index (χ3v) is 4.20. The van der Waals surface area contributed by atoms with Crippen molar-refractivity contribution in [2.45, 2.75) is 12.6 Å². The summed E-state index contributed by atoms with van der Waals surface area (Å²) in [5, 5.41) is 16.3. The van der Waals surface area contributed by atoms with Crippen LogP contribution in [0.3, 0.4) is 0 Å². The molecule has 3 rings (SSSR count). The van der Waals surface area contributed by atoms with Crippen molar-refractivity contribution in [3.8, 4) is 0 Å². The van der Waals surface area contributed by atoms with Gasteiger partial charge in [-0.15, -0.1) is 0 Å². The number of thiophene rings is 1. The Kier molecular flexibility index (Phi) is 4.93. The van der Waals surface area contributed by atoms with E-state index in [1.54, 1.807) is 30.5 Å². The van der Waals surface area contributed by atoms with Crippen LogP contribution in [-0.4, -0.2) is 22.1 Å². The topological polar surface area (TPSA) is 84.5 Å². The van der Waals surface area contributed by atoms with Gasteiger partial charge in [-0.2, -0.15) is 11.3 Å². The van der Waals surface area contributed by atoms with Crippen LogP contribution in [0.15, 0.2) is 62.6 Å². The summed E-state index contributed by atoms with van der Waals surface area (Å²) in [6, 6.07) is 9.90. The van der Waals surface area contributed by atoms with Gasteiger partial charge in [-0.25, -0.2) is 0 Å². The number of carbonyl (C=O) groups excluding carboxylic acids is 1. The van der Waals surface area contributed by atoms with Crippen molar-refractivity contribution in [2.75, 3.05) is 6.54 Å². The zero-order valence-corrected chi connectivity index (χ0v) is 13.5. The van der Waals surface area contributed by atoms with E-state index in [4.69, 9.17) is 4.42 Å². The van der Waals surface area contributed by atoms with Gasteiger partial charge in [-0.05, 0) is 40.6 Å². The maximum absolute atomic E-state index is 12.1. The van der Waals surface area contributed by atoms with Crippen LogP contribution in [0.25, 0.3) is 0 Å². The highest BCUT2D eigenvalue weighted by atomic mass is 32.1. The van der Waals surface area contributed by atoms with Crippen LogP contribution in [0.4, 0.5) is 0 Å². The minimum Gasteiger partial charge on any atom is -0.454 e. The number of rotatable bonds is 6. The van der Waals surface area contributed by atoms with Gasteiger partial charge >= 0.3 is 0 Å². The fourth-order valence-electron chi connectivity index (χ4n) is 2.20. The average Bonchev–Trinajstić information content (AvgIpc) is 3.26. The van der Waals surface area contributed by atoms with Crippen LogP contribution in [0, 0.1) is 0 Å². The van der Waals surface area contributed by atoms with E-state index >= 15 is 0 Å². The number of hydrogen-bond donors (Lipinski definition) is 2. The predicted molar refractivity (Wildman–Crippen MR) is 90.1 cm³/mol. The predicted octanol–water partition coefficient (Wildman–Crippen LogP) is 2.01. The summed E-state index contributed by atoms with van der Waals surface area (Å²) in [4.78, 5) is 23.7. The molecule has 1 amide bonds. The summed E-state index contributed by atoms with van der Waals surface area (Å²) in [6.07, 6.45) is 0.902. The van der Waals surface area contributed by atoms with Crippen molar-refractivity contribution in [3.63, 3.8) is 0 Å². The molecule has 0 spiro atoms. The maximum Gasteiger partial charge on any atom is 0.287 e. The second-order valence-corrected chi connectivity index (χ2v) is 6.00. The van der Waals surface area contributed by atoms with Gasteiger partial charge in [0.2, 0.25) is 0 Å². The van der Waals surface area contributed by atoms with Gasteiger partial charge in [0, 0.05) is 18.8 Å². The Morgan fingerprint density at radius 1 is 1.29 bits per heavy atom. The molecule has 7 heteroatoms. The van der Waals surface area contributed by atoms with E-state index in [0.29, 0.717) is 5.76 Å². The number of carbonyl (C=O) groups is 1. The second-order valence-electron chi connectivity index (χ2n) is 5.22. The minimum absolute atomic E-state index is 0.101.